The quantitative estimate of drug-likeness (QED) is 0.146. The number of fused-ring (bicyclic) bond motifs is 1. The molecule has 8 heteroatoms. The number of ether oxygens (including phenoxy) is 2. The topological polar surface area (TPSA) is 114 Å². The van der Waals surface area contributed by atoms with E-state index in [0.29, 0.717) is 5.69 Å². The summed E-state index contributed by atoms with van der Waals surface area (Å²) in [6.07, 6.45) is 1.16. The fourth-order valence-corrected chi connectivity index (χ4v) is 3.62. The molecule has 0 aliphatic heterocycles. The lowest BCUT2D eigenvalue weighted by Gasteiger charge is -2.12. The second-order valence-corrected chi connectivity index (χ2v) is 7.78. The number of nitro groups is 1. The van der Waals surface area contributed by atoms with E-state index in [-0.39, 0.29) is 34.9 Å². The SMILES string of the molecule is COc1cc(C=C(C#N)C(=O)Nc2ccc3ccccc3c2)c([N+](=O)[O-])cc1OCc1ccccc1. The Morgan fingerprint density at radius 3 is 2.42 bits per heavy atom. The molecule has 0 saturated heterocycles. The summed E-state index contributed by atoms with van der Waals surface area (Å²) in [6.45, 7) is 0.182. The molecule has 4 aromatic carbocycles. The lowest BCUT2D eigenvalue weighted by atomic mass is 10.1. The van der Waals surface area contributed by atoms with E-state index in [0.717, 1.165) is 22.4 Å². The van der Waals surface area contributed by atoms with E-state index < -0.39 is 10.8 Å². The van der Waals surface area contributed by atoms with Crippen molar-refractivity contribution in [2.75, 3.05) is 12.4 Å². The number of hydrogen-bond acceptors (Lipinski definition) is 6. The van der Waals surface area contributed by atoms with Crippen LogP contribution >= 0.6 is 0 Å². The van der Waals surface area contributed by atoms with Gasteiger partial charge >= 0.3 is 0 Å². The molecule has 0 fully saturated rings. The average Bonchev–Trinajstić information content (AvgIpc) is 2.90. The van der Waals surface area contributed by atoms with Crippen molar-refractivity contribution in [1.29, 1.82) is 5.26 Å². The summed E-state index contributed by atoms with van der Waals surface area (Å²) in [5, 5.41) is 26.0. The highest BCUT2D eigenvalue weighted by molar-refractivity contribution is 6.10. The zero-order valence-corrected chi connectivity index (χ0v) is 19.3. The maximum absolute atomic E-state index is 12.8. The largest absolute Gasteiger partial charge is 0.493 e. The van der Waals surface area contributed by atoms with Gasteiger partial charge < -0.3 is 14.8 Å². The van der Waals surface area contributed by atoms with Gasteiger partial charge in [0, 0.05) is 5.69 Å². The number of carbonyl (C=O) groups excluding carboxylic acids is 1. The van der Waals surface area contributed by atoms with Crippen LogP contribution in [0.25, 0.3) is 16.8 Å². The van der Waals surface area contributed by atoms with E-state index in [9.17, 15) is 20.2 Å². The minimum Gasteiger partial charge on any atom is -0.493 e. The third-order valence-corrected chi connectivity index (χ3v) is 5.42. The Kier molecular flexibility index (Phi) is 7.22. The Morgan fingerprint density at radius 1 is 1.00 bits per heavy atom. The number of carbonyl (C=O) groups is 1. The van der Waals surface area contributed by atoms with Gasteiger partial charge in [-0.1, -0.05) is 60.7 Å². The first-order valence-electron chi connectivity index (χ1n) is 10.9. The highest BCUT2D eigenvalue weighted by atomic mass is 16.6. The van der Waals surface area contributed by atoms with Crippen molar-refractivity contribution in [3.8, 4) is 17.6 Å². The molecule has 1 amide bonds. The molecule has 8 nitrogen and oxygen atoms in total. The summed E-state index contributed by atoms with van der Waals surface area (Å²) >= 11 is 0. The maximum atomic E-state index is 12.8. The van der Waals surface area contributed by atoms with Crippen LogP contribution in [0.2, 0.25) is 0 Å². The number of nitrogens with zero attached hydrogens (tertiary/aromatic N) is 2. The predicted octanol–water partition coefficient (Wildman–Crippen LogP) is 5.88. The number of rotatable bonds is 8. The van der Waals surface area contributed by atoms with Crippen molar-refractivity contribution in [3.63, 3.8) is 0 Å². The van der Waals surface area contributed by atoms with Gasteiger partial charge in [-0.2, -0.15) is 5.26 Å². The van der Waals surface area contributed by atoms with Gasteiger partial charge in [-0.15, -0.1) is 0 Å². The van der Waals surface area contributed by atoms with Crippen LogP contribution in [0.3, 0.4) is 0 Å². The molecular weight excluding hydrogens is 458 g/mol. The number of methoxy groups -OCH3 is 1. The highest BCUT2D eigenvalue weighted by Crippen LogP contribution is 2.36. The van der Waals surface area contributed by atoms with Crippen molar-refractivity contribution in [2.24, 2.45) is 0 Å². The van der Waals surface area contributed by atoms with Gasteiger partial charge in [0.15, 0.2) is 11.5 Å². The molecule has 0 bridgehead atoms. The minimum absolute atomic E-state index is 0.0362. The van der Waals surface area contributed by atoms with Gasteiger partial charge in [0.05, 0.1) is 23.7 Å². The van der Waals surface area contributed by atoms with Gasteiger partial charge in [-0.3, -0.25) is 14.9 Å². The number of nitro benzene ring substituents is 1. The molecule has 0 aliphatic carbocycles. The molecule has 0 atom stereocenters. The molecule has 178 valence electrons. The Labute approximate surface area is 207 Å². The number of benzene rings is 4. The summed E-state index contributed by atoms with van der Waals surface area (Å²) in [5.74, 6) is -0.287. The Balaban J connectivity index is 1.62. The number of nitrogens with one attached hydrogen (secondary N) is 1. The molecule has 0 aromatic heterocycles. The first-order chi connectivity index (χ1) is 17.5. The fraction of sp³-hybridized carbons (Fsp3) is 0.0714. The van der Waals surface area contributed by atoms with Crippen LogP contribution < -0.4 is 14.8 Å². The number of amides is 1. The summed E-state index contributed by atoms with van der Waals surface area (Å²) in [6, 6.07) is 26.8. The zero-order chi connectivity index (χ0) is 25.5. The van der Waals surface area contributed by atoms with Crippen LogP contribution in [-0.4, -0.2) is 17.9 Å². The standard InChI is InChI=1S/C28H21N3O5/c1-35-26-15-22(25(31(33)34)16-27(26)36-18-19-7-3-2-4-8-19)13-23(17-29)28(32)30-24-12-11-20-9-5-6-10-21(20)14-24/h2-16H,18H2,1H3,(H,30,32). The van der Waals surface area contributed by atoms with Crippen molar-refractivity contribution in [3.05, 3.63) is 112 Å². The van der Waals surface area contributed by atoms with Crippen LogP contribution in [-0.2, 0) is 11.4 Å². The van der Waals surface area contributed by atoms with E-state index in [4.69, 9.17) is 9.47 Å². The summed E-state index contributed by atoms with van der Waals surface area (Å²) < 4.78 is 11.1. The first kappa shape index (κ1) is 24.0. The number of hydrogen-bond donors (Lipinski definition) is 1. The molecule has 0 saturated carbocycles. The van der Waals surface area contributed by atoms with Crippen LogP contribution in [0, 0.1) is 21.4 Å². The average molecular weight is 479 g/mol. The third kappa shape index (κ3) is 5.48. The zero-order valence-electron chi connectivity index (χ0n) is 19.3. The monoisotopic (exact) mass is 479 g/mol. The first-order valence-corrected chi connectivity index (χ1v) is 10.9. The van der Waals surface area contributed by atoms with Crippen LogP contribution in [0.4, 0.5) is 11.4 Å². The minimum atomic E-state index is -0.689. The van der Waals surface area contributed by atoms with Crippen molar-refractivity contribution in [2.45, 2.75) is 6.61 Å². The van der Waals surface area contributed by atoms with Gasteiger partial charge in [0.1, 0.15) is 18.2 Å². The normalized spacial score (nSPS) is 10.9. The lowest BCUT2D eigenvalue weighted by molar-refractivity contribution is -0.385. The summed E-state index contributed by atoms with van der Waals surface area (Å²) in [4.78, 5) is 24.0. The van der Waals surface area contributed by atoms with E-state index in [2.05, 4.69) is 5.32 Å². The van der Waals surface area contributed by atoms with Crippen LogP contribution in [0.1, 0.15) is 11.1 Å². The second kappa shape index (κ2) is 10.8. The molecule has 36 heavy (non-hydrogen) atoms. The maximum Gasteiger partial charge on any atom is 0.280 e. The van der Waals surface area contributed by atoms with E-state index in [1.807, 2.05) is 66.7 Å². The molecule has 0 unspecified atom stereocenters. The van der Waals surface area contributed by atoms with Crippen LogP contribution in [0.15, 0.2) is 90.5 Å². The van der Waals surface area contributed by atoms with Crippen molar-refractivity contribution < 1.29 is 19.2 Å². The Morgan fingerprint density at radius 2 is 1.72 bits per heavy atom. The summed E-state index contributed by atoms with van der Waals surface area (Å²) in [5.41, 5.74) is 0.783. The summed E-state index contributed by atoms with van der Waals surface area (Å²) in [7, 11) is 1.40. The molecule has 0 radical (unpaired) electrons. The molecule has 1 N–H and O–H groups in total. The Hall–Kier alpha value is -5.16. The molecule has 4 rings (SSSR count). The highest BCUT2D eigenvalue weighted by Gasteiger charge is 2.21. The van der Waals surface area contributed by atoms with E-state index >= 15 is 0 Å². The van der Waals surface area contributed by atoms with Gasteiger partial charge in [-0.05, 0) is 40.6 Å². The molecule has 0 aliphatic rings. The molecular formula is C28H21N3O5. The van der Waals surface area contributed by atoms with Gasteiger partial charge in [0.2, 0.25) is 0 Å². The van der Waals surface area contributed by atoms with Crippen molar-refractivity contribution >= 4 is 34.1 Å². The number of anilines is 1. The fourth-order valence-electron chi connectivity index (χ4n) is 3.62. The molecule has 0 heterocycles. The van der Waals surface area contributed by atoms with Crippen molar-refractivity contribution in [1.82, 2.24) is 0 Å². The van der Waals surface area contributed by atoms with Crippen LogP contribution in [0.5, 0.6) is 11.5 Å². The lowest BCUT2D eigenvalue weighted by Crippen LogP contribution is -2.13. The van der Waals surface area contributed by atoms with E-state index in [1.165, 1.54) is 19.2 Å². The van der Waals surface area contributed by atoms with Gasteiger partial charge in [-0.25, -0.2) is 0 Å². The smallest absolute Gasteiger partial charge is 0.280 e. The van der Waals surface area contributed by atoms with E-state index in [1.54, 1.807) is 12.1 Å². The number of nitriles is 1. The molecule has 0 spiro atoms. The van der Waals surface area contributed by atoms with Gasteiger partial charge in [0.25, 0.3) is 11.6 Å². The predicted molar refractivity (Wildman–Crippen MR) is 137 cm³/mol. The second-order valence-electron chi connectivity index (χ2n) is 7.78. The Bertz CT molecular complexity index is 1510. The third-order valence-electron chi connectivity index (χ3n) is 5.42. The molecule has 4 aromatic rings.